The summed E-state index contributed by atoms with van der Waals surface area (Å²) in [5.74, 6) is 0.982. The molecule has 3 rings (SSSR count). The molecule has 106 valence electrons. The number of carbonyl (C=O) groups excluding carboxylic acids is 1. The molecule has 6 nitrogen and oxygen atoms in total. The summed E-state index contributed by atoms with van der Waals surface area (Å²) in [5.41, 5.74) is 1.86. The van der Waals surface area contributed by atoms with Gasteiger partial charge in [-0.05, 0) is 31.5 Å². The van der Waals surface area contributed by atoms with E-state index in [1.165, 1.54) is 6.92 Å². The maximum atomic E-state index is 11.5. The van der Waals surface area contributed by atoms with Crippen LogP contribution in [0, 0.1) is 11.3 Å². The minimum Gasteiger partial charge on any atom is -0.379 e. The van der Waals surface area contributed by atoms with E-state index in [0.717, 1.165) is 18.7 Å². The predicted molar refractivity (Wildman–Crippen MR) is 76.9 cm³/mol. The van der Waals surface area contributed by atoms with E-state index in [4.69, 9.17) is 0 Å². The highest BCUT2D eigenvalue weighted by Crippen LogP contribution is 2.22. The first-order valence-electron chi connectivity index (χ1n) is 6.85. The Morgan fingerprint density at radius 3 is 3.14 bits per heavy atom. The molecule has 1 atom stereocenters. The number of hydrogen-bond acceptors (Lipinski definition) is 5. The zero-order valence-electron chi connectivity index (χ0n) is 11.7. The number of aryl methyl sites for hydroxylation is 1. The molecule has 0 radical (unpaired) electrons. The molecule has 2 heterocycles. The van der Waals surface area contributed by atoms with Gasteiger partial charge in [0.15, 0.2) is 5.78 Å². The fourth-order valence-corrected chi connectivity index (χ4v) is 2.56. The van der Waals surface area contributed by atoms with E-state index < -0.39 is 0 Å². The zero-order valence-corrected chi connectivity index (χ0v) is 11.7. The van der Waals surface area contributed by atoms with Crippen LogP contribution in [0.2, 0.25) is 0 Å². The van der Waals surface area contributed by atoms with Gasteiger partial charge in [-0.3, -0.25) is 4.79 Å². The van der Waals surface area contributed by atoms with E-state index in [-0.39, 0.29) is 11.8 Å². The van der Waals surface area contributed by atoms with Crippen LogP contribution in [0.25, 0.3) is 0 Å². The molecule has 1 aliphatic heterocycles. The lowest BCUT2D eigenvalue weighted by Gasteiger charge is -2.25. The van der Waals surface area contributed by atoms with Gasteiger partial charge < -0.3 is 5.32 Å². The number of nitrogens with one attached hydrogen (secondary N) is 1. The molecule has 1 aromatic heterocycles. The molecule has 1 N–H and O–H groups in total. The number of hydrogen-bond donors (Lipinski definition) is 1. The summed E-state index contributed by atoms with van der Waals surface area (Å²) in [7, 11) is 0. The van der Waals surface area contributed by atoms with Crippen LogP contribution in [0.15, 0.2) is 24.5 Å². The van der Waals surface area contributed by atoms with Crippen LogP contribution in [0.3, 0.4) is 0 Å². The third-order valence-corrected chi connectivity index (χ3v) is 3.71. The van der Waals surface area contributed by atoms with Gasteiger partial charge in [0, 0.05) is 18.0 Å². The van der Waals surface area contributed by atoms with Gasteiger partial charge in [-0.2, -0.15) is 10.4 Å². The van der Waals surface area contributed by atoms with Gasteiger partial charge in [0.1, 0.15) is 18.2 Å². The molecule has 1 aromatic carbocycles. The predicted octanol–water partition coefficient (Wildman–Crippen LogP) is 1.78. The molecule has 6 heteroatoms. The minimum absolute atomic E-state index is 0.00949. The van der Waals surface area contributed by atoms with E-state index in [1.54, 1.807) is 24.5 Å². The molecule has 0 bridgehead atoms. The summed E-state index contributed by atoms with van der Waals surface area (Å²) in [5, 5.41) is 16.7. The fraction of sp³-hybridized carbons (Fsp3) is 0.333. The molecule has 2 aromatic rings. The second-order valence-corrected chi connectivity index (χ2v) is 5.17. The summed E-state index contributed by atoms with van der Waals surface area (Å²) < 4.78 is 1.88. The lowest BCUT2D eigenvalue weighted by atomic mass is 10.0. The van der Waals surface area contributed by atoms with E-state index in [0.29, 0.717) is 23.4 Å². The van der Waals surface area contributed by atoms with Gasteiger partial charge >= 0.3 is 0 Å². The van der Waals surface area contributed by atoms with Crippen molar-refractivity contribution in [3.05, 3.63) is 41.5 Å². The molecule has 0 spiro atoms. The molecule has 0 saturated carbocycles. The molecule has 21 heavy (non-hydrogen) atoms. The van der Waals surface area contributed by atoms with Crippen molar-refractivity contribution in [3.63, 3.8) is 0 Å². The number of rotatable bonds is 3. The Morgan fingerprint density at radius 2 is 2.38 bits per heavy atom. The highest BCUT2D eigenvalue weighted by Gasteiger charge is 2.20. The van der Waals surface area contributed by atoms with Crippen LogP contribution < -0.4 is 5.32 Å². The number of Topliss-reactive ketones (excluding diaryl/α,β-unsaturated/α-hetero) is 1. The van der Waals surface area contributed by atoms with Crippen molar-refractivity contribution >= 4 is 11.5 Å². The van der Waals surface area contributed by atoms with Gasteiger partial charge in [0.25, 0.3) is 0 Å². The van der Waals surface area contributed by atoms with Crippen LogP contribution in [0.4, 0.5) is 5.69 Å². The maximum Gasteiger partial charge on any atom is 0.159 e. The van der Waals surface area contributed by atoms with Crippen molar-refractivity contribution in [1.29, 1.82) is 5.26 Å². The number of aromatic nitrogens is 3. The molecule has 1 aliphatic rings. The van der Waals surface area contributed by atoms with Gasteiger partial charge in [0.05, 0.1) is 17.8 Å². The number of fused-ring (bicyclic) bond motifs is 1. The third kappa shape index (κ3) is 2.63. The van der Waals surface area contributed by atoms with Gasteiger partial charge in [-0.15, -0.1) is 0 Å². The highest BCUT2D eigenvalue weighted by molar-refractivity contribution is 5.95. The van der Waals surface area contributed by atoms with Crippen molar-refractivity contribution in [2.24, 2.45) is 0 Å². The Morgan fingerprint density at radius 1 is 1.52 bits per heavy atom. The fourth-order valence-electron chi connectivity index (χ4n) is 2.56. The largest absolute Gasteiger partial charge is 0.379 e. The Labute approximate surface area is 122 Å². The van der Waals surface area contributed by atoms with Crippen LogP contribution in [-0.2, 0) is 13.0 Å². The van der Waals surface area contributed by atoms with E-state index in [1.807, 2.05) is 4.68 Å². The smallest absolute Gasteiger partial charge is 0.159 e. The summed E-state index contributed by atoms with van der Waals surface area (Å²) >= 11 is 0. The van der Waals surface area contributed by atoms with Crippen LogP contribution in [0.5, 0.6) is 0 Å². The number of anilines is 1. The van der Waals surface area contributed by atoms with E-state index in [9.17, 15) is 10.1 Å². The average molecular weight is 281 g/mol. The lowest BCUT2D eigenvalue weighted by molar-refractivity contribution is 0.101. The molecule has 0 saturated heterocycles. The number of nitrogens with zero attached hydrogens (tertiary/aromatic N) is 4. The number of ketones is 1. The van der Waals surface area contributed by atoms with Crippen molar-refractivity contribution in [2.45, 2.75) is 32.4 Å². The molecule has 0 fully saturated rings. The number of nitriles is 1. The third-order valence-electron chi connectivity index (χ3n) is 3.71. The molecule has 0 aliphatic carbocycles. The molecule has 0 amide bonds. The first-order chi connectivity index (χ1) is 10.2. The highest BCUT2D eigenvalue weighted by atomic mass is 16.1. The SMILES string of the molecule is CC(=O)c1ccc(C#N)c(NC2CCc3ncnn3C2)c1. The van der Waals surface area contributed by atoms with Gasteiger partial charge in [0.2, 0.25) is 0 Å². The van der Waals surface area contributed by atoms with Crippen molar-refractivity contribution < 1.29 is 4.79 Å². The summed E-state index contributed by atoms with van der Waals surface area (Å²) in [4.78, 5) is 15.7. The standard InChI is InChI=1S/C15H15N5O/c1-10(21)11-2-3-12(7-16)14(6-11)19-13-4-5-15-17-9-18-20(15)8-13/h2-3,6,9,13,19H,4-5,8H2,1H3. The second-order valence-electron chi connectivity index (χ2n) is 5.17. The minimum atomic E-state index is -0.00949. The van der Waals surface area contributed by atoms with Crippen molar-refractivity contribution in [1.82, 2.24) is 14.8 Å². The number of benzene rings is 1. The Kier molecular flexibility index (Phi) is 3.40. The van der Waals surface area contributed by atoms with Crippen LogP contribution >= 0.6 is 0 Å². The average Bonchev–Trinajstić information content (AvgIpc) is 2.94. The van der Waals surface area contributed by atoms with Gasteiger partial charge in [-0.25, -0.2) is 9.67 Å². The van der Waals surface area contributed by atoms with Crippen LogP contribution in [0.1, 0.15) is 35.1 Å². The Bertz CT molecular complexity index is 728. The second kappa shape index (κ2) is 5.37. The van der Waals surface area contributed by atoms with Crippen molar-refractivity contribution in [2.75, 3.05) is 5.32 Å². The Balaban J connectivity index is 1.83. The number of carbonyl (C=O) groups is 1. The summed E-state index contributed by atoms with van der Waals surface area (Å²) in [6.45, 7) is 2.23. The normalized spacial score (nSPS) is 16.9. The first-order valence-corrected chi connectivity index (χ1v) is 6.85. The van der Waals surface area contributed by atoms with Gasteiger partial charge in [-0.1, -0.05) is 0 Å². The monoisotopic (exact) mass is 281 g/mol. The topological polar surface area (TPSA) is 83.6 Å². The Hall–Kier alpha value is -2.68. The molecular formula is C15H15N5O. The summed E-state index contributed by atoms with van der Waals surface area (Å²) in [6, 6.07) is 7.45. The zero-order chi connectivity index (χ0) is 14.8. The van der Waals surface area contributed by atoms with Crippen LogP contribution in [-0.4, -0.2) is 26.6 Å². The summed E-state index contributed by atoms with van der Waals surface area (Å²) in [6.07, 6.45) is 3.34. The quantitative estimate of drug-likeness (QED) is 0.867. The van der Waals surface area contributed by atoms with Crippen molar-refractivity contribution in [3.8, 4) is 6.07 Å². The molecular weight excluding hydrogens is 266 g/mol. The maximum absolute atomic E-state index is 11.5. The van der Waals surface area contributed by atoms with E-state index >= 15 is 0 Å². The molecule has 1 unspecified atom stereocenters. The first kappa shape index (κ1) is 13.3. The lowest BCUT2D eigenvalue weighted by Crippen LogP contribution is -2.32. The van der Waals surface area contributed by atoms with E-state index in [2.05, 4.69) is 21.5 Å².